The molecule has 2 amide bonds. The van der Waals surface area contributed by atoms with Gasteiger partial charge in [-0.2, -0.15) is 0 Å². The number of furan rings is 1. The molecule has 5 nitrogen and oxygen atoms in total. The molecule has 6 heteroatoms. The van der Waals surface area contributed by atoms with Crippen molar-refractivity contribution >= 4 is 33.4 Å². The van der Waals surface area contributed by atoms with E-state index in [2.05, 4.69) is 21.2 Å². The second-order valence-electron chi connectivity index (χ2n) is 5.56. The van der Waals surface area contributed by atoms with E-state index >= 15 is 0 Å². The van der Waals surface area contributed by atoms with Gasteiger partial charge in [0.2, 0.25) is 11.8 Å². The summed E-state index contributed by atoms with van der Waals surface area (Å²) in [6, 6.07) is 9.36. The SMILES string of the molecule is Cc1ccc(Br)cc1N1CCC(C(=O)NCc2ccco2)C1=O. The molecule has 0 aliphatic carbocycles. The van der Waals surface area contributed by atoms with Crippen molar-refractivity contribution in [2.75, 3.05) is 11.4 Å². The molecule has 2 aromatic rings. The first-order valence-corrected chi connectivity index (χ1v) is 8.23. The minimum atomic E-state index is -0.636. The summed E-state index contributed by atoms with van der Waals surface area (Å²) in [5.74, 6) is -0.364. The first-order valence-electron chi connectivity index (χ1n) is 7.44. The summed E-state index contributed by atoms with van der Waals surface area (Å²) in [5.41, 5.74) is 1.86. The predicted octanol–water partition coefficient (Wildman–Crippen LogP) is 3.02. The van der Waals surface area contributed by atoms with Crippen molar-refractivity contribution < 1.29 is 14.0 Å². The molecule has 1 unspecified atom stereocenters. The predicted molar refractivity (Wildman–Crippen MR) is 89.9 cm³/mol. The number of amides is 2. The molecular formula is C17H17BrN2O3. The minimum absolute atomic E-state index is 0.150. The van der Waals surface area contributed by atoms with Crippen LogP contribution in [0, 0.1) is 12.8 Å². The van der Waals surface area contributed by atoms with Gasteiger partial charge in [0.05, 0.1) is 12.8 Å². The van der Waals surface area contributed by atoms with Crippen LogP contribution in [-0.4, -0.2) is 18.4 Å². The number of nitrogens with one attached hydrogen (secondary N) is 1. The number of anilines is 1. The highest BCUT2D eigenvalue weighted by molar-refractivity contribution is 9.10. The smallest absolute Gasteiger partial charge is 0.239 e. The zero-order valence-electron chi connectivity index (χ0n) is 12.7. The highest BCUT2D eigenvalue weighted by atomic mass is 79.9. The Labute approximate surface area is 142 Å². The van der Waals surface area contributed by atoms with E-state index in [4.69, 9.17) is 4.42 Å². The van der Waals surface area contributed by atoms with Crippen molar-refractivity contribution in [2.24, 2.45) is 5.92 Å². The molecular weight excluding hydrogens is 360 g/mol. The van der Waals surface area contributed by atoms with E-state index in [0.717, 1.165) is 15.7 Å². The van der Waals surface area contributed by atoms with E-state index in [1.165, 1.54) is 0 Å². The summed E-state index contributed by atoms with van der Waals surface area (Å²) in [4.78, 5) is 26.6. The zero-order valence-corrected chi connectivity index (χ0v) is 14.3. The summed E-state index contributed by atoms with van der Waals surface area (Å²) in [6.07, 6.45) is 2.08. The molecule has 1 aromatic heterocycles. The second-order valence-corrected chi connectivity index (χ2v) is 6.47. The number of nitrogens with zero attached hydrogens (tertiary/aromatic N) is 1. The Morgan fingerprint density at radius 1 is 1.43 bits per heavy atom. The molecule has 120 valence electrons. The van der Waals surface area contributed by atoms with Gasteiger partial charge in [0.1, 0.15) is 11.7 Å². The molecule has 1 aliphatic rings. The number of hydrogen-bond donors (Lipinski definition) is 1. The average Bonchev–Trinajstić information content (AvgIpc) is 3.17. The highest BCUT2D eigenvalue weighted by Crippen LogP contribution is 2.30. The topological polar surface area (TPSA) is 62.6 Å². The van der Waals surface area contributed by atoms with E-state index in [9.17, 15) is 9.59 Å². The van der Waals surface area contributed by atoms with Crippen LogP contribution in [0.4, 0.5) is 5.69 Å². The summed E-state index contributed by atoms with van der Waals surface area (Å²) in [5, 5.41) is 2.77. The van der Waals surface area contributed by atoms with Gasteiger partial charge in [-0.05, 0) is 43.2 Å². The molecule has 0 radical (unpaired) electrons. The summed E-state index contributed by atoms with van der Waals surface area (Å²) in [7, 11) is 0. The van der Waals surface area contributed by atoms with Gasteiger partial charge in [-0.25, -0.2) is 0 Å². The van der Waals surface area contributed by atoms with Crippen LogP contribution >= 0.6 is 15.9 Å². The van der Waals surface area contributed by atoms with Crippen molar-refractivity contribution in [2.45, 2.75) is 19.9 Å². The molecule has 1 aliphatic heterocycles. The lowest BCUT2D eigenvalue weighted by Gasteiger charge is -2.19. The van der Waals surface area contributed by atoms with E-state index in [0.29, 0.717) is 25.3 Å². The molecule has 1 atom stereocenters. The van der Waals surface area contributed by atoms with Crippen LogP contribution in [0.5, 0.6) is 0 Å². The Kier molecular flexibility index (Phi) is 4.52. The third-order valence-corrected chi connectivity index (χ3v) is 4.49. The molecule has 0 bridgehead atoms. The fourth-order valence-corrected chi connectivity index (χ4v) is 3.10. The Balaban J connectivity index is 1.68. The largest absolute Gasteiger partial charge is 0.467 e. The first-order chi connectivity index (χ1) is 11.1. The maximum Gasteiger partial charge on any atom is 0.239 e. The highest BCUT2D eigenvalue weighted by Gasteiger charge is 2.38. The molecule has 3 rings (SSSR count). The Morgan fingerprint density at radius 2 is 2.26 bits per heavy atom. The van der Waals surface area contributed by atoms with Crippen molar-refractivity contribution in [3.63, 3.8) is 0 Å². The van der Waals surface area contributed by atoms with Crippen molar-refractivity contribution in [3.05, 3.63) is 52.4 Å². The standard InChI is InChI=1S/C17H17BrN2O3/c1-11-4-5-12(18)9-15(11)20-7-6-14(17(20)22)16(21)19-10-13-3-2-8-23-13/h2-5,8-9,14H,6-7,10H2,1H3,(H,19,21). The van der Waals surface area contributed by atoms with Crippen LogP contribution in [0.25, 0.3) is 0 Å². The summed E-state index contributed by atoms with van der Waals surface area (Å²) in [6.45, 7) is 2.81. The minimum Gasteiger partial charge on any atom is -0.467 e. The maximum absolute atomic E-state index is 12.6. The lowest BCUT2D eigenvalue weighted by atomic mass is 10.1. The van der Waals surface area contributed by atoms with Crippen molar-refractivity contribution in [1.29, 1.82) is 0 Å². The van der Waals surface area contributed by atoms with Gasteiger partial charge in [-0.15, -0.1) is 0 Å². The summed E-state index contributed by atoms with van der Waals surface area (Å²) >= 11 is 3.43. The third kappa shape index (κ3) is 3.32. The quantitative estimate of drug-likeness (QED) is 0.834. The normalized spacial score (nSPS) is 17.6. The monoisotopic (exact) mass is 376 g/mol. The Bertz CT molecular complexity index is 727. The fraction of sp³-hybridized carbons (Fsp3) is 0.294. The zero-order chi connectivity index (χ0) is 16.4. The molecule has 23 heavy (non-hydrogen) atoms. The first kappa shape index (κ1) is 15.8. The molecule has 1 aromatic carbocycles. The number of benzene rings is 1. The maximum atomic E-state index is 12.6. The van der Waals surface area contributed by atoms with Crippen LogP contribution in [0.15, 0.2) is 45.5 Å². The van der Waals surface area contributed by atoms with Crippen LogP contribution < -0.4 is 10.2 Å². The van der Waals surface area contributed by atoms with E-state index < -0.39 is 5.92 Å². The van der Waals surface area contributed by atoms with Gasteiger partial charge in [-0.1, -0.05) is 22.0 Å². The number of halogens is 1. The number of carbonyl (C=O) groups is 2. The van der Waals surface area contributed by atoms with Gasteiger partial charge in [-0.3, -0.25) is 9.59 Å². The lowest BCUT2D eigenvalue weighted by molar-refractivity contribution is -0.132. The van der Waals surface area contributed by atoms with Gasteiger partial charge in [0.25, 0.3) is 0 Å². The number of hydrogen-bond acceptors (Lipinski definition) is 3. The van der Waals surface area contributed by atoms with Crippen LogP contribution in [0.2, 0.25) is 0 Å². The summed E-state index contributed by atoms with van der Waals surface area (Å²) < 4.78 is 6.09. The molecule has 0 spiro atoms. The molecule has 1 fully saturated rings. The lowest BCUT2D eigenvalue weighted by Crippen LogP contribution is -2.36. The van der Waals surface area contributed by atoms with Gasteiger partial charge in [0.15, 0.2) is 0 Å². The van der Waals surface area contributed by atoms with Gasteiger partial charge < -0.3 is 14.6 Å². The van der Waals surface area contributed by atoms with Gasteiger partial charge >= 0.3 is 0 Å². The van der Waals surface area contributed by atoms with Gasteiger partial charge in [0, 0.05) is 16.7 Å². The molecule has 2 heterocycles. The number of rotatable bonds is 4. The van der Waals surface area contributed by atoms with E-state index in [1.807, 2.05) is 25.1 Å². The van der Waals surface area contributed by atoms with E-state index in [1.54, 1.807) is 23.3 Å². The third-order valence-electron chi connectivity index (χ3n) is 4.00. The number of carbonyl (C=O) groups excluding carboxylic acids is 2. The van der Waals surface area contributed by atoms with E-state index in [-0.39, 0.29) is 11.8 Å². The van der Waals surface area contributed by atoms with Crippen LogP contribution in [0.3, 0.4) is 0 Å². The molecule has 1 saturated heterocycles. The molecule has 1 N–H and O–H groups in total. The average molecular weight is 377 g/mol. The molecule has 0 saturated carbocycles. The Hall–Kier alpha value is -2.08. The second kappa shape index (κ2) is 6.58. The van der Waals surface area contributed by atoms with Crippen LogP contribution in [0.1, 0.15) is 17.7 Å². The van der Waals surface area contributed by atoms with Crippen LogP contribution in [-0.2, 0) is 16.1 Å². The number of aryl methyl sites for hydroxylation is 1. The van der Waals surface area contributed by atoms with Crippen molar-refractivity contribution in [1.82, 2.24) is 5.32 Å². The Morgan fingerprint density at radius 3 is 3.00 bits per heavy atom. The fourth-order valence-electron chi connectivity index (χ4n) is 2.75. The van der Waals surface area contributed by atoms with Crippen molar-refractivity contribution in [3.8, 4) is 0 Å².